The van der Waals surface area contributed by atoms with Crippen molar-refractivity contribution in [1.29, 1.82) is 0 Å². The first-order valence-electron chi connectivity index (χ1n) is 5.95. The van der Waals surface area contributed by atoms with Crippen LogP contribution in [-0.4, -0.2) is 35.8 Å². The summed E-state index contributed by atoms with van der Waals surface area (Å²) in [6.45, 7) is 3.26. The van der Waals surface area contributed by atoms with Gasteiger partial charge in [-0.1, -0.05) is 11.6 Å². The van der Waals surface area contributed by atoms with Crippen molar-refractivity contribution in [1.82, 2.24) is 9.55 Å². The van der Waals surface area contributed by atoms with Gasteiger partial charge >= 0.3 is 5.97 Å². The number of nitrogens with zero attached hydrogens (tertiary/aromatic N) is 2. The highest BCUT2D eigenvalue weighted by atomic mass is 35.5. The van der Waals surface area contributed by atoms with Gasteiger partial charge in [-0.3, -0.25) is 0 Å². The molecule has 0 radical (unpaired) electrons. The molecule has 1 aliphatic heterocycles. The molecule has 3 heterocycles. The maximum Gasteiger partial charge on any atom is 0.338 e. The Bertz CT molecular complexity index is 661. The average Bonchev–Trinajstić information content (AvgIpc) is 2.63. The van der Waals surface area contributed by atoms with Crippen LogP contribution in [0.15, 0.2) is 12.3 Å². The molecule has 100 valence electrons. The number of fused-ring (bicyclic) bond motifs is 1. The fourth-order valence-corrected chi connectivity index (χ4v) is 2.53. The third-order valence-corrected chi connectivity index (χ3v) is 3.55. The third kappa shape index (κ3) is 1.89. The average molecular weight is 281 g/mol. The molecule has 0 N–H and O–H groups in total. The molecule has 6 heteroatoms. The third-order valence-electron chi connectivity index (χ3n) is 3.36. The van der Waals surface area contributed by atoms with Gasteiger partial charge in [-0.2, -0.15) is 0 Å². The largest absolute Gasteiger partial charge is 0.465 e. The molecule has 1 saturated heterocycles. The summed E-state index contributed by atoms with van der Waals surface area (Å²) in [7, 11) is 1.36. The van der Waals surface area contributed by atoms with Crippen LogP contribution >= 0.6 is 11.6 Å². The molecule has 0 aromatic carbocycles. The van der Waals surface area contributed by atoms with Gasteiger partial charge in [0.1, 0.15) is 10.8 Å². The van der Waals surface area contributed by atoms with Crippen molar-refractivity contribution in [2.24, 2.45) is 0 Å². The van der Waals surface area contributed by atoms with E-state index in [0.717, 1.165) is 10.9 Å². The normalized spacial score (nSPS) is 15.5. The van der Waals surface area contributed by atoms with Crippen LogP contribution in [-0.2, 0) is 9.47 Å². The van der Waals surface area contributed by atoms with Gasteiger partial charge in [0.25, 0.3) is 0 Å². The number of pyridine rings is 1. The molecular formula is C13H13ClN2O3. The van der Waals surface area contributed by atoms with Crippen molar-refractivity contribution < 1.29 is 14.3 Å². The van der Waals surface area contributed by atoms with Crippen LogP contribution < -0.4 is 0 Å². The van der Waals surface area contributed by atoms with E-state index in [1.807, 2.05) is 17.7 Å². The van der Waals surface area contributed by atoms with Gasteiger partial charge in [-0.15, -0.1) is 0 Å². The number of ether oxygens (including phenoxy) is 2. The Morgan fingerprint density at radius 1 is 1.58 bits per heavy atom. The van der Waals surface area contributed by atoms with Crippen LogP contribution in [0.4, 0.5) is 0 Å². The number of carbonyl (C=O) groups is 1. The molecule has 0 unspecified atom stereocenters. The maximum atomic E-state index is 11.9. The van der Waals surface area contributed by atoms with E-state index in [2.05, 4.69) is 4.98 Å². The van der Waals surface area contributed by atoms with Crippen molar-refractivity contribution in [2.75, 3.05) is 20.3 Å². The number of carbonyl (C=O) groups excluding carboxylic acids is 1. The van der Waals surface area contributed by atoms with E-state index < -0.39 is 5.97 Å². The molecule has 1 fully saturated rings. The van der Waals surface area contributed by atoms with Gasteiger partial charge in [0.2, 0.25) is 0 Å². The molecule has 0 bridgehead atoms. The van der Waals surface area contributed by atoms with Gasteiger partial charge in [-0.25, -0.2) is 9.78 Å². The second-order valence-electron chi connectivity index (χ2n) is 4.59. The zero-order valence-electron chi connectivity index (χ0n) is 10.6. The van der Waals surface area contributed by atoms with Gasteiger partial charge in [-0.05, 0) is 18.6 Å². The number of aromatic nitrogens is 2. The highest BCUT2D eigenvalue weighted by molar-refractivity contribution is 6.30. The Morgan fingerprint density at radius 2 is 2.32 bits per heavy atom. The highest BCUT2D eigenvalue weighted by Gasteiger charge is 2.25. The van der Waals surface area contributed by atoms with E-state index in [1.165, 1.54) is 7.11 Å². The lowest BCUT2D eigenvalue weighted by atomic mass is 10.1. The Kier molecular flexibility index (Phi) is 2.95. The van der Waals surface area contributed by atoms with E-state index in [4.69, 9.17) is 21.1 Å². The zero-order chi connectivity index (χ0) is 13.6. The minimum absolute atomic E-state index is 0.257. The summed E-state index contributed by atoms with van der Waals surface area (Å²) >= 11 is 6.01. The van der Waals surface area contributed by atoms with Crippen LogP contribution in [0.25, 0.3) is 11.0 Å². The molecule has 0 spiro atoms. The lowest BCUT2D eigenvalue weighted by Crippen LogP contribution is -2.30. The van der Waals surface area contributed by atoms with E-state index in [9.17, 15) is 4.79 Å². The van der Waals surface area contributed by atoms with E-state index >= 15 is 0 Å². The Hall–Kier alpha value is -1.59. The first-order valence-corrected chi connectivity index (χ1v) is 6.33. The van der Waals surface area contributed by atoms with Crippen LogP contribution in [0, 0.1) is 6.92 Å². The summed E-state index contributed by atoms with van der Waals surface area (Å²) in [6.07, 6.45) is 1.98. The van der Waals surface area contributed by atoms with Crippen LogP contribution in [0.3, 0.4) is 0 Å². The minimum Gasteiger partial charge on any atom is -0.465 e. The predicted molar refractivity (Wildman–Crippen MR) is 70.7 cm³/mol. The van der Waals surface area contributed by atoms with Crippen molar-refractivity contribution >= 4 is 28.6 Å². The van der Waals surface area contributed by atoms with Gasteiger partial charge in [0.15, 0.2) is 0 Å². The maximum absolute atomic E-state index is 11.9. The monoisotopic (exact) mass is 280 g/mol. The number of halogens is 1. The van der Waals surface area contributed by atoms with Crippen molar-refractivity contribution in [2.45, 2.75) is 13.0 Å². The molecule has 3 rings (SSSR count). The van der Waals surface area contributed by atoms with E-state index in [1.54, 1.807) is 6.07 Å². The molecule has 19 heavy (non-hydrogen) atoms. The zero-order valence-corrected chi connectivity index (χ0v) is 11.4. The van der Waals surface area contributed by atoms with Gasteiger partial charge < -0.3 is 14.0 Å². The van der Waals surface area contributed by atoms with E-state index in [-0.39, 0.29) is 11.2 Å². The number of methoxy groups -OCH3 is 1. The van der Waals surface area contributed by atoms with Crippen LogP contribution in [0.1, 0.15) is 22.0 Å². The summed E-state index contributed by atoms with van der Waals surface area (Å²) in [5.74, 6) is -0.403. The van der Waals surface area contributed by atoms with E-state index in [0.29, 0.717) is 24.4 Å². The molecule has 2 aromatic heterocycles. The second-order valence-corrected chi connectivity index (χ2v) is 4.98. The lowest BCUT2D eigenvalue weighted by Gasteiger charge is -2.27. The fraction of sp³-hybridized carbons (Fsp3) is 0.385. The van der Waals surface area contributed by atoms with Crippen LogP contribution in [0.5, 0.6) is 0 Å². The lowest BCUT2D eigenvalue weighted by molar-refractivity contribution is -0.0216. The first kappa shape index (κ1) is 12.4. The number of esters is 1. The first-order chi connectivity index (χ1) is 9.11. The quantitative estimate of drug-likeness (QED) is 0.626. The predicted octanol–water partition coefficient (Wildman–Crippen LogP) is 2.36. The van der Waals surface area contributed by atoms with Crippen LogP contribution in [0.2, 0.25) is 5.15 Å². The topological polar surface area (TPSA) is 53.3 Å². The minimum atomic E-state index is -0.403. The number of rotatable bonds is 2. The molecule has 1 aliphatic rings. The summed E-state index contributed by atoms with van der Waals surface area (Å²) in [6, 6.07) is 1.80. The standard InChI is InChI=1S/C13H13ClN2O3/c1-7-4-16(8-5-19-6-8)12-11(7)9(13(17)18-2)3-10(14)15-12/h3-4,8H,5-6H2,1-2H3. The molecule has 2 aromatic rings. The van der Waals surface area contributed by atoms with Gasteiger partial charge in [0.05, 0.1) is 31.9 Å². The van der Waals surface area contributed by atoms with Crippen molar-refractivity contribution in [3.63, 3.8) is 0 Å². The molecule has 0 amide bonds. The Morgan fingerprint density at radius 3 is 2.89 bits per heavy atom. The summed E-state index contributed by atoms with van der Waals surface area (Å²) in [5, 5.41) is 1.08. The Balaban J connectivity index is 2.27. The number of hydrogen-bond donors (Lipinski definition) is 0. The van der Waals surface area contributed by atoms with Gasteiger partial charge in [0, 0.05) is 11.6 Å². The van der Waals surface area contributed by atoms with Crippen molar-refractivity contribution in [3.8, 4) is 0 Å². The second kappa shape index (κ2) is 4.51. The molecule has 0 saturated carbocycles. The molecule has 0 atom stereocenters. The van der Waals surface area contributed by atoms with Crippen molar-refractivity contribution in [3.05, 3.63) is 28.5 Å². The SMILES string of the molecule is COC(=O)c1cc(Cl)nc2c1c(C)cn2C1COC1. The molecular weight excluding hydrogens is 268 g/mol. The molecule has 5 nitrogen and oxygen atoms in total. The smallest absolute Gasteiger partial charge is 0.338 e. The molecule has 0 aliphatic carbocycles. The highest BCUT2D eigenvalue weighted by Crippen LogP contribution is 2.30. The number of hydrogen-bond acceptors (Lipinski definition) is 4. The summed E-state index contributed by atoms with van der Waals surface area (Å²) in [5.41, 5.74) is 2.14. The fourth-order valence-electron chi connectivity index (χ4n) is 2.34. The Labute approximate surface area is 115 Å². The summed E-state index contributed by atoms with van der Waals surface area (Å²) in [4.78, 5) is 16.2. The summed E-state index contributed by atoms with van der Waals surface area (Å²) < 4.78 is 12.0. The number of aryl methyl sites for hydroxylation is 1.